The van der Waals surface area contributed by atoms with Crippen LogP contribution in [0.5, 0.6) is 5.75 Å². The Morgan fingerprint density at radius 2 is 1.63 bits per heavy atom. The van der Waals surface area contributed by atoms with Crippen LogP contribution in [0.3, 0.4) is 0 Å². The van der Waals surface area contributed by atoms with Crippen LogP contribution >= 0.6 is 11.6 Å². The number of hydrogen-bond donors (Lipinski definition) is 1. The maximum absolute atomic E-state index is 12.6. The maximum Gasteiger partial charge on any atom is 0.251 e. The first kappa shape index (κ1) is 19.0. The molecule has 0 aliphatic carbocycles. The summed E-state index contributed by atoms with van der Waals surface area (Å²) in [5, 5.41) is 3.77. The Hall–Kier alpha value is -2.78. The molecule has 0 aromatic heterocycles. The largest absolute Gasteiger partial charge is 0.489 e. The molecule has 1 N–H and O–H groups in total. The van der Waals surface area contributed by atoms with E-state index in [0.29, 0.717) is 22.9 Å². The number of halogens is 1. The number of amides is 1. The van der Waals surface area contributed by atoms with Gasteiger partial charge in [0, 0.05) is 16.1 Å². The monoisotopic (exact) mass is 379 g/mol. The third-order valence-electron chi connectivity index (χ3n) is 4.38. The van der Waals surface area contributed by atoms with E-state index >= 15 is 0 Å². The molecule has 0 fully saturated rings. The Morgan fingerprint density at radius 3 is 2.30 bits per heavy atom. The van der Waals surface area contributed by atoms with E-state index in [2.05, 4.69) is 12.2 Å². The second-order valence-electron chi connectivity index (χ2n) is 6.25. The molecule has 0 heterocycles. The number of rotatable bonds is 7. The van der Waals surface area contributed by atoms with Gasteiger partial charge in [-0.1, -0.05) is 67.1 Å². The number of carbonyl (C=O) groups is 1. The van der Waals surface area contributed by atoms with Crippen molar-refractivity contribution in [2.24, 2.45) is 0 Å². The molecule has 27 heavy (non-hydrogen) atoms. The fourth-order valence-electron chi connectivity index (χ4n) is 2.83. The van der Waals surface area contributed by atoms with E-state index in [-0.39, 0.29) is 11.9 Å². The van der Waals surface area contributed by atoms with Gasteiger partial charge in [-0.3, -0.25) is 4.79 Å². The lowest BCUT2D eigenvalue weighted by Gasteiger charge is -2.17. The first-order chi connectivity index (χ1) is 13.2. The molecule has 0 bridgehead atoms. The molecule has 0 saturated carbocycles. The summed E-state index contributed by atoms with van der Waals surface area (Å²) in [4.78, 5) is 12.6. The summed E-state index contributed by atoms with van der Waals surface area (Å²) in [7, 11) is 0. The molecule has 138 valence electrons. The van der Waals surface area contributed by atoms with Crippen LogP contribution in [0.25, 0.3) is 0 Å². The van der Waals surface area contributed by atoms with E-state index in [1.54, 1.807) is 24.3 Å². The molecule has 0 aliphatic rings. The van der Waals surface area contributed by atoms with Crippen LogP contribution in [-0.4, -0.2) is 5.91 Å². The normalized spacial score (nSPS) is 11.6. The van der Waals surface area contributed by atoms with Gasteiger partial charge in [-0.25, -0.2) is 0 Å². The minimum Gasteiger partial charge on any atom is -0.489 e. The fraction of sp³-hybridized carbons (Fsp3) is 0.174. The van der Waals surface area contributed by atoms with Crippen LogP contribution in [0.1, 0.15) is 40.9 Å². The van der Waals surface area contributed by atoms with E-state index in [1.165, 1.54) is 0 Å². The molecule has 3 aromatic rings. The lowest BCUT2D eigenvalue weighted by Crippen LogP contribution is -2.28. The number of ether oxygens (including phenoxy) is 1. The Kier molecular flexibility index (Phi) is 6.50. The highest BCUT2D eigenvalue weighted by molar-refractivity contribution is 6.31. The Balaban J connectivity index is 1.61. The topological polar surface area (TPSA) is 38.3 Å². The summed E-state index contributed by atoms with van der Waals surface area (Å²) in [5.41, 5.74) is 2.64. The smallest absolute Gasteiger partial charge is 0.251 e. The van der Waals surface area contributed by atoms with E-state index in [1.807, 2.05) is 54.6 Å². The van der Waals surface area contributed by atoms with Crippen molar-refractivity contribution in [2.75, 3.05) is 0 Å². The molecule has 1 atom stereocenters. The second kappa shape index (κ2) is 9.24. The van der Waals surface area contributed by atoms with E-state index in [4.69, 9.17) is 16.3 Å². The molecule has 0 unspecified atom stereocenters. The van der Waals surface area contributed by atoms with Crippen LogP contribution in [0, 0.1) is 0 Å². The summed E-state index contributed by atoms with van der Waals surface area (Å²) in [6, 6.07) is 24.7. The number of hydrogen-bond acceptors (Lipinski definition) is 2. The zero-order valence-electron chi connectivity index (χ0n) is 15.2. The molecule has 0 aliphatic heterocycles. The fourth-order valence-corrected chi connectivity index (χ4v) is 3.02. The number of carbonyl (C=O) groups excluding carboxylic acids is 1. The molecule has 3 rings (SSSR count). The number of nitrogens with one attached hydrogen (secondary N) is 1. The van der Waals surface area contributed by atoms with Gasteiger partial charge in [-0.2, -0.15) is 0 Å². The Labute approximate surface area is 164 Å². The standard InChI is InChI=1S/C23H22ClNO2/c1-2-22(17-8-4-3-5-9-17)25-23(26)18-12-14-20(15-13-18)27-16-19-10-6-7-11-21(19)24/h3-15,22H,2,16H2,1H3,(H,25,26)/t22-/m0/s1. The lowest BCUT2D eigenvalue weighted by atomic mass is 10.0. The Bertz CT molecular complexity index is 878. The molecular weight excluding hydrogens is 358 g/mol. The first-order valence-corrected chi connectivity index (χ1v) is 9.37. The zero-order chi connectivity index (χ0) is 19.1. The van der Waals surface area contributed by atoms with Gasteiger partial charge in [0.15, 0.2) is 0 Å². The van der Waals surface area contributed by atoms with Crippen molar-refractivity contribution in [3.63, 3.8) is 0 Å². The quantitative estimate of drug-likeness (QED) is 0.563. The van der Waals surface area contributed by atoms with Gasteiger partial charge in [-0.15, -0.1) is 0 Å². The highest BCUT2D eigenvalue weighted by Gasteiger charge is 2.14. The predicted molar refractivity (Wildman–Crippen MR) is 109 cm³/mol. The predicted octanol–water partition coefficient (Wildman–Crippen LogP) is 5.80. The summed E-state index contributed by atoms with van der Waals surface area (Å²) in [6.07, 6.45) is 0.828. The van der Waals surface area contributed by atoms with Crippen molar-refractivity contribution in [1.29, 1.82) is 0 Å². The number of benzene rings is 3. The van der Waals surface area contributed by atoms with Gasteiger partial charge in [-0.05, 0) is 42.3 Å². The highest BCUT2D eigenvalue weighted by Crippen LogP contribution is 2.20. The third kappa shape index (κ3) is 5.11. The average molecular weight is 380 g/mol. The van der Waals surface area contributed by atoms with E-state index < -0.39 is 0 Å². The zero-order valence-corrected chi connectivity index (χ0v) is 15.9. The summed E-state index contributed by atoms with van der Waals surface area (Å²) in [6.45, 7) is 2.45. The Morgan fingerprint density at radius 1 is 0.963 bits per heavy atom. The minimum atomic E-state index is -0.0941. The van der Waals surface area contributed by atoms with Crippen molar-refractivity contribution in [3.05, 3.63) is 101 Å². The van der Waals surface area contributed by atoms with Crippen molar-refractivity contribution in [1.82, 2.24) is 5.32 Å². The van der Waals surface area contributed by atoms with Gasteiger partial charge in [0.25, 0.3) is 5.91 Å². The van der Waals surface area contributed by atoms with Crippen molar-refractivity contribution in [3.8, 4) is 5.75 Å². The van der Waals surface area contributed by atoms with Crippen molar-refractivity contribution >= 4 is 17.5 Å². The molecule has 0 radical (unpaired) electrons. The molecule has 3 aromatic carbocycles. The summed E-state index contributed by atoms with van der Waals surface area (Å²) in [5.74, 6) is 0.602. The summed E-state index contributed by atoms with van der Waals surface area (Å²) >= 11 is 6.14. The van der Waals surface area contributed by atoms with Gasteiger partial charge in [0.2, 0.25) is 0 Å². The average Bonchev–Trinajstić information content (AvgIpc) is 2.72. The van der Waals surface area contributed by atoms with Crippen molar-refractivity contribution < 1.29 is 9.53 Å². The second-order valence-corrected chi connectivity index (χ2v) is 6.66. The third-order valence-corrected chi connectivity index (χ3v) is 4.75. The molecule has 3 nitrogen and oxygen atoms in total. The highest BCUT2D eigenvalue weighted by atomic mass is 35.5. The SMILES string of the molecule is CC[C@H](NC(=O)c1ccc(OCc2ccccc2Cl)cc1)c1ccccc1. The minimum absolute atomic E-state index is 0.00477. The maximum atomic E-state index is 12.6. The van der Waals surface area contributed by atoms with Crippen molar-refractivity contribution in [2.45, 2.75) is 26.0 Å². The molecular formula is C23H22ClNO2. The molecule has 1 amide bonds. The van der Waals surface area contributed by atoms with Crippen LogP contribution < -0.4 is 10.1 Å². The van der Waals surface area contributed by atoms with E-state index in [9.17, 15) is 4.79 Å². The molecule has 0 spiro atoms. The van der Waals surface area contributed by atoms with Gasteiger partial charge >= 0.3 is 0 Å². The van der Waals surface area contributed by atoms with Gasteiger partial charge in [0.1, 0.15) is 12.4 Å². The molecule has 0 saturated heterocycles. The first-order valence-electron chi connectivity index (χ1n) is 8.99. The molecule has 4 heteroatoms. The van der Waals surface area contributed by atoms with Crippen LogP contribution in [0.4, 0.5) is 0 Å². The van der Waals surface area contributed by atoms with Crippen LogP contribution in [0.2, 0.25) is 5.02 Å². The van der Waals surface area contributed by atoms with E-state index in [0.717, 1.165) is 17.5 Å². The van der Waals surface area contributed by atoms with Gasteiger partial charge in [0.05, 0.1) is 6.04 Å². The van der Waals surface area contributed by atoms with Crippen LogP contribution in [0.15, 0.2) is 78.9 Å². The van der Waals surface area contributed by atoms with Gasteiger partial charge < -0.3 is 10.1 Å². The van der Waals surface area contributed by atoms with Crippen LogP contribution in [-0.2, 0) is 6.61 Å². The summed E-state index contributed by atoms with van der Waals surface area (Å²) < 4.78 is 5.76. The lowest BCUT2D eigenvalue weighted by molar-refractivity contribution is 0.0935.